The van der Waals surface area contributed by atoms with Crippen molar-refractivity contribution < 1.29 is 4.74 Å². The van der Waals surface area contributed by atoms with E-state index in [1.165, 1.54) is 6.42 Å². The van der Waals surface area contributed by atoms with Crippen LogP contribution in [0.1, 0.15) is 25.0 Å². The Labute approximate surface area is 107 Å². The molecule has 1 aliphatic heterocycles. The average Bonchev–Trinajstić information content (AvgIpc) is 2.40. The molecule has 0 amide bonds. The van der Waals surface area contributed by atoms with Gasteiger partial charge in [-0.1, -0.05) is 0 Å². The van der Waals surface area contributed by atoms with Crippen LogP contribution in [0.25, 0.3) is 0 Å². The summed E-state index contributed by atoms with van der Waals surface area (Å²) >= 11 is 0. The van der Waals surface area contributed by atoms with E-state index < -0.39 is 0 Å². The van der Waals surface area contributed by atoms with E-state index in [0.717, 1.165) is 31.7 Å². The molecular weight excluding hydrogens is 228 g/mol. The maximum atomic E-state index is 7.55. The van der Waals surface area contributed by atoms with E-state index in [1.807, 2.05) is 19.2 Å². The van der Waals surface area contributed by atoms with Crippen molar-refractivity contribution in [2.45, 2.75) is 25.4 Å². The first-order chi connectivity index (χ1) is 8.68. The number of nitrogen functional groups attached to an aromatic ring is 1. The van der Waals surface area contributed by atoms with Gasteiger partial charge >= 0.3 is 0 Å². The number of rotatable bonds is 4. The van der Waals surface area contributed by atoms with E-state index in [1.54, 1.807) is 6.20 Å². The van der Waals surface area contributed by atoms with Gasteiger partial charge in [0, 0.05) is 26.4 Å². The monoisotopic (exact) mass is 248 g/mol. The summed E-state index contributed by atoms with van der Waals surface area (Å²) in [4.78, 5) is 6.23. The van der Waals surface area contributed by atoms with Crippen molar-refractivity contribution in [1.29, 1.82) is 5.41 Å². The molecule has 98 valence electrons. The molecule has 5 heteroatoms. The fourth-order valence-corrected chi connectivity index (χ4v) is 2.27. The second kappa shape index (κ2) is 5.82. The molecule has 2 heterocycles. The van der Waals surface area contributed by atoms with Crippen molar-refractivity contribution in [2.24, 2.45) is 5.73 Å². The van der Waals surface area contributed by atoms with Crippen LogP contribution in [-0.4, -0.2) is 37.1 Å². The molecule has 0 spiro atoms. The smallest absolute Gasteiger partial charge is 0.143 e. The lowest BCUT2D eigenvalue weighted by atomic mass is 10.1. The first-order valence-corrected chi connectivity index (χ1v) is 6.30. The molecule has 1 atom stereocenters. The fraction of sp³-hybridized carbons (Fsp3) is 0.538. The van der Waals surface area contributed by atoms with E-state index in [2.05, 4.69) is 9.88 Å². The molecule has 3 N–H and O–H groups in total. The molecule has 1 unspecified atom stereocenters. The van der Waals surface area contributed by atoms with Crippen molar-refractivity contribution in [3.05, 3.63) is 24.0 Å². The standard InChI is InChI=1S/C13H20N4O/c1-17(9-10-5-2-3-8-18-10)11-6-4-7-16-12(11)13(14)15/h4,6-7,10H,2-3,5,8-9H2,1H3,(H3,14,15). The normalized spacial score (nSPS) is 19.5. The van der Waals surface area contributed by atoms with Crippen molar-refractivity contribution in [1.82, 2.24) is 4.98 Å². The van der Waals surface area contributed by atoms with Crippen LogP contribution in [0.5, 0.6) is 0 Å². The summed E-state index contributed by atoms with van der Waals surface area (Å²) < 4.78 is 5.72. The van der Waals surface area contributed by atoms with Gasteiger partial charge in [-0.05, 0) is 31.4 Å². The highest BCUT2D eigenvalue weighted by atomic mass is 16.5. The third kappa shape index (κ3) is 2.98. The van der Waals surface area contributed by atoms with Gasteiger partial charge in [-0.15, -0.1) is 0 Å². The summed E-state index contributed by atoms with van der Waals surface area (Å²) in [5.74, 6) is 0.00186. The fourth-order valence-electron chi connectivity index (χ4n) is 2.27. The molecular formula is C13H20N4O. The quantitative estimate of drug-likeness (QED) is 0.623. The van der Waals surface area contributed by atoms with Crippen LogP contribution in [0, 0.1) is 5.41 Å². The lowest BCUT2D eigenvalue weighted by molar-refractivity contribution is 0.0216. The maximum absolute atomic E-state index is 7.55. The van der Waals surface area contributed by atoms with E-state index in [4.69, 9.17) is 15.9 Å². The SMILES string of the molecule is CN(CC1CCCCO1)c1cccnc1C(=N)N. The Hall–Kier alpha value is -1.62. The highest BCUT2D eigenvalue weighted by Gasteiger charge is 2.18. The van der Waals surface area contributed by atoms with E-state index in [9.17, 15) is 0 Å². The summed E-state index contributed by atoms with van der Waals surface area (Å²) in [6.45, 7) is 1.66. The van der Waals surface area contributed by atoms with Crippen molar-refractivity contribution in [3.63, 3.8) is 0 Å². The zero-order chi connectivity index (χ0) is 13.0. The molecule has 1 aromatic rings. The molecule has 18 heavy (non-hydrogen) atoms. The Balaban J connectivity index is 2.08. The Bertz CT molecular complexity index is 415. The zero-order valence-electron chi connectivity index (χ0n) is 10.7. The molecule has 1 saturated heterocycles. The van der Waals surface area contributed by atoms with Gasteiger partial charge in [-0.3, -0.25) is 10.4 Å². The number of anilines is 1. The minimum Gasteiger partial charge on any atom is -0.382 e. The van der Waals surface area contributed by atoms with Crippen LogP contribution in [-0.2, 0) is 4.74 Å². The molecule has 1 aliphatic rings. The molecule has 1 fully saturated rings. The summed E-state index contributed by atoms with van der Waals surface area (Å²) in [6.07, 6.45) is 5.41. The second-order valence-corrected chi connectivity index (χ2v) is 4.65. The molecule has 1 aromatic heterocycles. The molecule has 0 aromatic carbocycles. The first-order valence-electron chi connectivity index (χ1n) is 6.30. The van der Waals surface area contributed by atoms with Crippen LogP contribution in [0.2, 0.25) is 0 Å². The van der Waals surface area contributed by atoms with Gasteiger partial charge in [0.15, 0.2) is 0 Å². The van der Waals surface area contributed by atoms with Gasteiger partial charge in [-0.2, -0.15) is 0 Å². The van der Waals surface area contributed by atoms with Crippen LogP contribution >= 0.6 is 0 Å². The number of ether oxygens (including phenoxy) is 1. The highest BCUT2D eigenvalue weighted by molar-refractivity contribution is 5.98. The van der Waals surface area contributed by atoms with Gasteiger partial charge in [0.1, 0.15) is 11.5 Å². The number of likely N-dealkylation sites (N-methyl/N-ethyl adjacent to an activating group) is 1. The van der Waals surface area contributed by atoms with Crippen LogP contribution in [0.4, 0.5) is 5.69 Å². The van der Waals surface area contributed by atoms with Crippen molar-refractivity contribution in [2.75, 3.05) is 25.1 Å². The number of nitrogens with one attached hydrogen (secondary N) is 1. The Morgan fingerprint density at radius 1 is 1.61 bits per heavy atom. The number of hydrogen-bond acceptors (Lipinski definition) is 4. The van der Waals surface area contributed by atoms with Crippen molar-refractivity contribution in [3.8, 4) is 0 Å². The van der Waals surface area contributed by atoms with Crippen LogP contribution in [0.15, 0.2) is 18.3 Å². The third-order valence-corrected chi connectivity index (χ3v) is 3.20. The summed E-state index contributed by atoms with van der Waals surface area (Å²) in [5.41, 5.74) is 6.97. The van der Waals surface area contributed by atoms with Gasteiger partial charge in [0.2, 0.25) is 0 Å². The maximum Gasteiger partial charge on any atom is 0.143 e. The number of hydrogen-bond donors (Lipinski definition) is 2. The molecule has 0 saturated carbocycles. The number of pyridine rings is 1. The molecule has 0 bridgehead atoms. The molecule has 5 nitrogen and oxygen atoms in total. The summed E-state index contributed by atoms with van der Waals surface area (Å²) in [5, 5.41) is 7.55. The molecule has 0 aliphatic carbocycles. The van der Waals surface area contributed by atoms with Gasteiger partial charge in [0.25, 0.3) is 0 Å². The van der Waals surface area contributed by atoms with Gasteiger partial charge in [0.05, 0.1) is 11.8 Å². The average molecular weight is 248 g/mol. The van der Waals surface area contributed by atoms with Crippen LogP contribution in [0.3, 0.4) is 0 Å². The Kier molecular flexibility index (Phi) is 4.15. The lowest BCUT2D eigenvalue weighted by Crippen LogP contribution is -2.34. The van der Waals surface area contributed by atoms with Crippen LogP contribution < -0.4 is 10.6 Å². The number of nitrogens with zero attached hydrogens (tertiary/aromatic N) is 2. The number of aromatic nitrogens is 1. The minimum atomic E-state index is 0.00186. The van der Waals surface area contributed by atoms with Gasteiger partial charge in [-0.25, -0.2) is 0 Å². The Morgan fingerprint density at radius 3 is 3.11 bits per heavy atom. The van der Waals surface area contributed by atoms with Crippen molar-refractivity contribution >= 4 is 11.5 Å². The Morgan fingerprint density at radius 2 is 2.44 bits per heavy atom. The highest BCUT2D eigenvalue weighted by Crippen LogP contribution is 2.20. The molecule has 2 rings (SSSR count). The zero-order valence-corrected chi connectivity index (χ0v) is 10.7. The second-order valence-electron chi connectivity index (χ2n) is 4.65. The third-order valence-electron chi connectivity index (χ3n) is 3.20. The van der Waals surface area contributed by atoms with E-state index in [-0.39, 0.29) is 11.9 Å². The predicted molar refractivity (Wildman–Crippen MR) is 72.1 cm³/mol. The summed E-state index contributed by atoms with van der Waals surface area (Å²) in [7, 11) is 1.99. The molecule has 0 radical (unpaired) electrons. The first kappa shape index (κ1) is 12.8. The van der Waals surface area contributed by atoms with E-state index >= 15 is 0 Å². The predicted octanol–water partition coefficient (Wildman–Crippen LogP) is 1.37. The topological polar surface area (TPSA) is 75.2 Å². The minimum absolute atomic E-state index is 0.00186. The van der Waals surface area contributed by atoms with Gasteiger partial charge < -0.3 is 15.4 Å². The lowest BCUT2D eigenvalue weighted by Gasteiger charge is -2.29. The van der Waals surface area contributed by atoms with E-state index in [0.29, 0.717) is 5.69 Å². The largest absolute Gasteiger partial charge is 0.382 e. The number of amidine groups is 1. The number of nitrogens with two attached hydrogens (primary N) is 1. The summed E-state index contributed by atoms with van der Waals surface area (Å²) in [6, 6.07) is 3.80.